The van der Waals surface area contributed by atoms with E-state index in [0.29, 0.717) is 17.0 Å². The van der Waals surface area contributed by atoms with Gasteiger partial charge in [0.25, 0.3) is 5.91 Å². The van der Waals surface area contributed by atoms with Gasteiger partial charge in [0.2, 0.25) is 5.91 Å². The molecule has 0 atom stereocenters. The normalized spacial score (nSPS) is 10.4. The zero-order chi connectivity index (χ0) is 20.6. The fourth-order valence-corrected chi connectivity index (χ4v) is 3.49. The molecule has 0 saturated heterocycles. The largest absolute Gasteiger partial charge is 0.325 e. The minimum Gasteiger partial charge on any atom is -0.325 e. The fourth-order valence-electron chi connectivity index (χ4n) is 2.70. The predicted molar refractivity (Wildman–Crippen MR) is 117 cm³/mol. The summed E-state index contributed by atoms with van der Waals surface area (Å²) in [5.74, 6) is 0.385. The van der Waals surface area contributed by atoms with E-state index >= 15 is 0 Å². The Bertz CT molecular complexity index is 960. The number of hydrogen-bond acceptors (Lipinski definition) is 3. The molecule has 148 valence electrons. The highest BCUT2D eigenvalue weighted by molar-refractivity contribution is 7.99. The second kappa shape index (κ2) is 9.89. The number of nitrogens with zero attached hydrogens (tertiary/aromatic N) is 1. The molecule has 0 heterocycles. The SMILES string of the molecule is CN(C(=O)c1ccc(CSCC(=O)Nc2ccc(F)cc2)cc1)c1ccccc1. The first kappa shape index (κ1) is 20.6. The number of anilines is 2. The molecule has 0 unspecified atom stereocenters. The Morgan fingerprint density at radius 3 is 2.24 bits per heavy atom. The van der Waals surface area contributed by atoms with Gasteiger partial charge in [-0.25, -0.2) is 4.39 Å². The molecule has 0 aliphatic rings. The molecule has 0 fully saturated rings. The number of nitrogens with one attached hydrogen (secondary N) is 1. The molecule has 29 heavy (non-hydrogen) atoms. The van der Waals surface area contributed by atoms with Gasteiger partial charge in [-0.2, -0.15) is 0 Å². The maximum absolute atomic E-state index is 12.9. The van der Waals surface area contributed by atoms with Crippen LogP contribution in [0.2, 0.25) is 0 Å². The number of para-hydroxylation sites is 1. The highest BCUT2D eigenvalue weighted by atomic mass is 32.2. The highest BCUT2D eigenvalue weighted by Gasteiger charge is 2.13. The number of carbonyl (C=O) groups is 2. The van der Waals surface area contributed by atoms with Crippen LogP contribution in [0.4, 0.5) is 15.8 Å². The highest BCUT2D eigenvalue weighted by Crippen LogP contribution is 2.18. The van der Waals surface area contributed by atoms with Gasteiger partial charge in [0.1, 0.15) is 5.82 Å². The number of carbonyl (C=O) groups excluding carboxylic acids is 2. The smallest absolute Gasteiger partial charge is 0.258 e. The van der Waals surface area contributed by atoms with Crippen LogP contribution in [0.15, 0.2) is 78.9 Å². The van der Waals surface area contributed by atoms with Gasteiger partial charge in [-0.15, -0.1) is 11.8 Å². The van der Waals surface area contributed by atoms with Crippen molar-refractivity contribution in [2.75, 3.05) is 23.0 Å². The Morgan fingerprint density at radius 1 is 0.931 bits per heavy atom. The van der Waals surface area contributed by atoms with Crippen LogP contribution in [0.25, 0.3) is 0 Å². The maximum atomic E-state index is 12.9. The first-order valence-corrected chi connectivity index (χ1v) is 10.2. The third-order valence-electron chi connectivity index (χ3n) is 4.28. The van der Waals surface area contributed by atoms with Crippen LogP contribution in [-0.4, -0.2) is 24.6 Å². The summed E-state index contributed by atoms with van der Waals surface area (Å²) in [6, 6.07) is 22.5. The van der Waals surface area contributed by atoms with Crippen LogP contribution in [0.1, 0.15) is 15.9 Å². The monoisotopic (exact) mass is 408 g/mol. The topological polar surface area (TPSA) is 49.4 Å². The molecular formula is C23H21FN2O2S. The molecule has 4 nitrogen and oxygen atoms in total. The molecule has 6 heteroatoms. The molecule has 2 amide bonds. The van der Waals surface area contributed by atoms with Crippen molar-refractivity contribution in [2.45, 2.75) is 5.75 Å². The van der Waals surface area contributed by atoms with Crippen molar-refractivity contribution < 1.29 is 14.0 Å². The van der Waals surface area contributed by atoms with Gasteiger partial charge < -0.3 is 10.2 Å². The zero-order valence-corrected chi connectivity index (χ0v) is 16.8. The van der Waals surface area contributed by atoms with Crippen molar-refractivity contribution in [3.8, 4) is 0 Å². The van der Waals surface area contributed by atoms with E-state index in [1.165, 1.54) is 36.0 Å². The van der Waals surface area contributed by atoms with E-state index in [2.05, 4.69) is 5.32 Å². The minimum atomic E-state index is -0.339. The van der Waals surface area contributed by atoms with Crippen LogP contribution >= 0.6 is 11.8 Å². The van der Waals surface area contributed by atoms with Gasteiger partial charge in [0.05, 0.1) is 5.75 Å². The van der Waals surface area contributed by atoms with Gasteiger partial charge >= 0.3 is 0 Å². The summed E-state index contributed by atoms with van der Waals surface area (Å²) in [4.78, 5) is 26.2. The Hall–Kier alpha value is -3.12. The van der Waals surface area contributed by atoms with E-state index in [1.807, 2.05) is 42.5 Å². The molecule has 3 rings (SSSR count). The summed E-state index contributed by atoms with van der Waals surface area (Å²) >= 11 is 1.47. The first-order valence-electron chi connectivity index (χ1n) is 9.08. The molecule has 0 saturated carbocycles. The lowest BCUT2D eigenvalue weighted by Crippen LogP contribution is -2.26. The van der Waals surface area contributed by atoms with E-state index in [4.69, 9.17) is 0 Å². The lowest BCUT2D eigenvalue weighted by atomic mass is 10.1. The van der Waals surface area contributed by atoms with Crippen molar-refractivity contribution in [2.24, 2.45) is 0 Å². The van der Waals surface area contributed by atoms with Gasteiger partial charge in [0, 0.05) is 29.7 Å². The number of rotatable bonds is 7. The standard InChI is InChI=1S/C23H21FN2O2S/c1-26(21-5-3-2-4-6-21)23(28)18-9-7-17(8-10-18)15-29-16-22(27)25-20-13-11-19(24)12-14-20/h2-14H,15-16H2,1H3,(H,25,27). The molecule has 0 radical (unpaired) electrons. The second-order valence-corrected chi connectivity index (χ2v) is 7.43. The van der Waals surface area contributed by atoms with Crippen LogP contribution in [0.5, 0.6) is 0 Å². The molecule has 0 aliphatic heterocycles. The van der Waals surface area contributed by atoms with Crippen LogP contribution in [0.3, 0.4) is 0 Å². The van der Waals surface area contributed by atoms with Crippen LogP contribution in [0, 0.1) is 5.82 Å². The van der Waals surface area contributed by atoms with Crippen molar-refractivity contribution in [3.05, 3.63) is 95.8 Å². The van der Waals surface area contributed by atoms with Crippen molar-refractivity contribution >= 4 is 35.0 Å². The van der Waals surface area contributed by atoms with E-state index in [0.717, 1.165) is 11.3 Å². The van der Waals surface area contributed by atoms with E-state index < -0.39 is 0 Å². The average Bonchev–Trinajstić information content (AvgIpc) is 2.75. The molecule has 1 N–H and O–H groups in total. The Kier molecular flexibility index (Phi) is 7.03. The summed E-state index contributed by atoms with van der Waals surface area (Å²) < 4.78 is 12.9. The molecular weight excluding hydrogens is 387 g/mol. The second-order valence-electron chi connectivity index (χ2n) is 6.44. The number of hydrogen-bond donors (Lipinski definition) is 1. The lowest BCUT2D eigenvalue weighted by Gasteiger charge is -2.17. The molecule has 0 aliphatic carbocycles. The molecule has 3 aromatic rings. The minimum absolute atomic E-state index is 0.0749. The predicted octanol–water partition coefficient (Wildman–Crippen LogP) is 4.97. The average molecular weight is 408 g/mol. The first-order chi connectivity index (χ1) is 14.0. The van der Waals surface area contributed by atoms with Crippen molar-refractivity contribution in [1.29, 1.82) is 0 Å². The molecule has 0 aromatic heterocycles. The Balaban J connectivity index is 1.48. The Morgan fingerprint density at radius 2 is 1.59 bits per heavy atom. The number of amides is 2. The summed E-state index contributed by atoms with van der Waals surface area (Å²) in [7, 11) is 1.75. The van der Waals surface area contributed by atoms with E-state index in [-0.39, 0.29) is 23.4 Å². The maximum Gasteiger partial charge on any atom is 0.258 e. The summed E-state index contributed by atoms with van der Waals surface area (Å²) in [5, 5.41) is 2.73. The summed E-state index contributed by atoms with van der Waals surface area (Å²) in [6.45, 7) is 0. The summed E-state index contributed by atoms with van der Waals surface area (Å²) in [5.41, 5.74) is 3.05. The van der Waals surface area contributed by atoms with Gasteiger partial charge in [0.15, 0.2) is 0 Å². The molecule has 3 aromatic carbocycles. The van der Waals surface area contributed by atoms with E-state index in [9.17, 15) is 14.0 Å². The third kappa shape index (κ3) is 5.93. The number of benzene rings is 3. The lowest BCUT2D eigenvalue weighted by molar-refractivity contribution is -0.113. The quantitative estimate of drug-likeness (QED) is 0.600. The van der Waals surface area contributed by atoms with Crippen LogP contribution in [-0.2, 0) is 10.5 Å². The van der Waals surface area contributed by atoms with E-state index in [1.54, 1.807) is 24.1 Å². The van der Waals surface area contributed by atoms with Gasteiger partial charge in [-0.05, 0) is 54.1 Å². The van der Waals surface area contributed by atoms with Crippen LogP contribution < -0.4 is 10.2 Å². The van der Waals surface area contributed by atoms with Crippen molar-refractivity contribution in [3.63, 3.8) is 0 Å². The Labute approximate surface area is 173 Å². The zero-order valence-electron chi connectivity index (χ0n) is 16.0. The van der Waals surface area contributed by atoms with Crippen molar-refractivity contribution in [1.82, 2.24) is 0 Å². The fraction of sp³-hybridized carbons (Fsp3) is 0.130. The van der Waals surface area contributed by atoms with Gasteiger partial charge in [-0.1, -0.05) is 30.3 Å². The van der Waals surface area contributed by atoms with Gasteiger partial charge in [-0.3, -0.25) is 9.59 Å². The summed E-state index contributed by atoms with van der Waals surface area (Å²) in [6.07, 6.45) is 0. The third-order valence-corrected chi connectivity index (χ3v) is 5.28. The molecule has 0 bridgehead atoms. The number of halogens is 1. The molecule has 0 spiro atoms. The number of thioether (sulfide) groups is 1.